The molecule has 2 aromatic heterocycles. The average molecular weight is 347 g/mol. The lowest BCUT2D eigenvalue weighted by Crippen LogP contribution is -2.46. The van der Waals surface area contributed by atoms with E-state index in [0.717, 1.165) is 13.1 Å². The van der Waals surface area contributed by atoms with Gasteiger partial charge in [0.1, 0.15) is 6.33 Å². The second kappa shape index (κ2) is 6.83. The van der Waals surface area contributed by atoms with Gasteiger partial charge in [-0.1, -0.05) is 13.8 Å². The summed E-state index contributed by atoms with van der Waals surface area (Å²) in [6.07, 6.45) is 1.45. The number of hydrogen-bond donors (Lipinski definition) is 2. The number of H-pyrrole nitrogens is 1. The molecular weight excluding hydrogens is 322 g/mol. The fourth-order valence-electron chi connectivity index (χ4n) is 3.34. The molecule has 9 nitrogen and oxygen atoms in total. The van der Waals surface area contributed by atoms with Crippen molar-refractivity contribution in [2.75, 3.05) is 27.2 Å². The Morgan fingerprint density at radius 1 is 1.44 bits per heavy atom. The summed E-state index contributed by atoms with van der Waals surface area (Å²) < 4.78 is 1.31. The van der Waals surface area contributed by atoms with E-state index in [4.69, 9.17) is 0 Å². The third-order valence-electron chi connectivity index (χ3n) is 4.72. The Morgan fingerprint density at radius 2 is 2.20 bits per heavy atom. The largest absolute Gasteiger partial charge is 0.334 e. The molecule has 2 amide bonds. The van der Waals surface area contributed by atoms with E-state index in [1.54, 1.807) is 19.0 Å². The predicted molar refractivity (Wildman–Crippen MR) is 93.2 cm³/mol. The molecule has 2 N–H and O–H groups in total. The average Bonchev–Trinajstić information content (AvgIpc) is 3.14. The first-order valence-corrected chi connectivity index (χ1v) is 8.47. The maximum Gasteiger partial charge on any atom is 0.317 e. The molecule has 1 saturated heterocycles. The number of urea groups is 1. The Labute approximate surface area is 146 Å². The molecule has 1 fully saturated rings. The van der Waals surface area contributed by atoms with E-state index < -0.39 is 0 Å². The number of carbonyl (C=O) groups excluding carboxylic acids is 1. The summed E-state index contributed by atoms with van der Waals surface area (Å²) in [4.78, 5) is 36.3. The number of carbonyl (C=O) groups is 1. The van der Waals surface area contributed by atoms with Crippen molar-refractivity contribution in [1.29, 1.82) is 0 Å². The van der Waals surface area contributed by atoms with Gasteiger partial charge in [0.2, 0.25) is 0 Å². The van der Waals surface area contributed by atoms with Gasteiger partial charge in [0.25, 0.3) is 11.3 Å². The molecule has 0 unspecified atom stereocenters. The van der Waals surface area contributed by atoms with Crippen LogP contribution in [0.3, 0.4) is 0 Å². The van der Waals surface area contributed by atoms with Gasteiger partial charge in [-0.25, -0.2) is 14.8 Å². The topological polar surface area (TPSA) is 98.6 Å². The van der Waals surface area contributed by atoms with Crippen molar-refractivity contribution in [3.05, 3.63) is 28.4 Å². The molecule has 1 aliphatic heterocycles. The summed E-state index contributed by atoms with van der Waals surface area (Å²) in [6.45, 7) is 6.50. The molecule has 3 heterocycles. The highest BCUT2D eigenvalue weighted by Crippen LogP contribution is 2.25. The Kier molecular flexibility index (Phi) is 4.76. The highest BCUT2D eigenvalue weighted by atomic mass is 16.2. The Bertz CT molecular complexity index is 810. The lowest BCUT2D eigenvalue weighted by Gasteiger charge is -2.24. The first-order chi connectivity index (χ1) is 11.8. The van der Waals surface area contributed by atoms with Crippen LogP contribution in [0.15, 0.2) is 17.2 Å². The zero-order valence-corrected chi connectivity index (χ0v) is 15.1. The lowest BCUT2D eigenvalue weighted by molar-refractivity contribution is 0.207. The van der Waals surface area contributed by atoms with Crippen molar-refractivity contribution >= 4 is 11.8 Å². The van der Waals surface area contributed by atoms with E-state index >= 15 is 0 Å². The molecule has 136 valence electrons. The smallest absolute Gasteiger partial charge is 0.317 e. The number of fused-ring (bicyclic) bond motifs is 1. The van der Waals surface area contributed by atoms with Gasteiger partial charge in [-0.05, 0) is 11.8 Å². The van der Waals surface area contributed by atoms with Gasteiger partial charge in [-0.3, -0.25) is 14.8 Å². The van der Waals surface area contributed by atoms with Gasteiger partial charge in [-0.15, -0.1) is 0 Å². The molecule has 2 aromatic rings. The second-order valence-electron chi connectivity index (χ2n) is 7.16. The summed E-state index contributed by atoms with van der Waals surface area (Å²) in [6, 6.07) is 1.54. The SMILES string of the molecule is CC(C)[C@@H]1CN(Cc2cc(=O)n3[nH]cnc3n2)C[C@H]1NC(=O)N(C)C. The maximum absolute atomic E-state index is 12.1. The van der Waals surface area contributed by atoms with Crippen molar-refractivity contribution in [2.24, 2.45) is 11.8 Å². The van der Waals surface area contributed by atoms with Crippen LogP contribution in [0, 0.1) is 11.8 Å². The highest BCUT2D eigenvalue weighted by molar-refractivity contribution is 5.73. The minimum Gasteiger partial charge on any atom is -0.334 e. The number of amides is 2. The third-order valence-corrected chi connectivity index (χ3v) is 4.72. The van der Waals surface area contributed by atoms with E-state index in [2.05, 4.69) is 39.1 Å². The van der Waals surface area contributed by atoms with Crippen LogP contribution in [-0.4, -0.2) is 68.6 Å². The highest BCUT2D eigenvalue weighted by Gasteiger charge is 2.36. The number of aromatic nitrogens is 4. The van der Waals surface area contributed by atoms with Gasteiger partial charge in [0.15, 0.2) is 0 Å². The summed E-state index contributed by atoms with van der Waals surface area (Å²) in [7, 11) is 3.48. The molecule has 2 atom stereocenters. The molecule has 0 bridgehead atoms. The van der Waals surface area contributed by atoms with E-state index in [-0.39, 0.29) is 17.6 Å². The Hall–Kier alpha value is -2.42. The van der Waals surface area contributed by atoms with Crippen LogP contribution < -0.4 is 10.9 Å². The van der Waals surface area contributed by atoms with Crippen molar-refractivity contribution in [3.63, 3.8) is 0 Å². The maximum atomic E-state index is 12.1. The van der Waals surface area contributed by atoms with Crippen molar-refractivity contribution in [2.45, 2.75) is 26.4 Å². The molecule has 3 rings (SSSR count). The van der Waals surface area contributed by atoms with Crippen LogP contribution in [0.5, 0.6) is 0 Å². The number of nitrogens with one attached hydrogen (secondary N) is 2. The minimum atomic E-state index is -0.172. The van der Waals surface area contributed by atoms with Gasteiger partial charge in [0.05, 0.1) is 5.69 Å². The van der Waals surface area contributed by atoms with E-state index in [1.165, 1.54) is 16.9 Å². The van der Waals surface area contributed by atoms with Crippen molar-refractivity contribution in [3.8, 4) is 0 Å². The molecule has 0 aromatic carbocycles. The van der Waals surface area contributed by atoms with E-state index in [9.17, 15) is 9.59 Å². The number of rotatable bonds is 4. The van der Waals surface area contributed by atoms with Crippen molar-refractivity contribution < 1.29 is 4.79 Å². The Morgan fingerprint density at radius 3 is 2.88 bits per heavy atom. The molecule has 0 aliphatic carbocycles. The van der Waals surface area contributed by atoms with Gasteiger partial charge in [0, 0.05) is 45.8 Å². The molecule has 0 spiro atoms. The molecular formula is C16H25N7O2. The van der Waals surface area contributed by atoms with Crippen LogP contribution in [0.25, 0.3) is 5.78 Å². The fourth-order valence-corrected chi connectivity index (χ4v) is 3.34. The van der Waals surface area contributed by atoms with Crippen LogP contribution in [0.4, 0.5) is 4.79 Å². The lowest BCUT2D eigenvalue weighted by atomic mass is 9.91. The van der Waals surface area contributed by atoms with Crippen molar-refractivity contribution in [1.82, 2.24) is 34.7 Å². The van der Waals surface area contributed by atoms with Gasteiger partial charge >= 0.3 is 6.03 Å². The molecule has 1 aliphatic rings. The summed E-state index contributed by atoms with van der Waals surface area (Å²) >= 11 is 0. The number of hydrogen-bond acceptors (Lipinski definition) is 5. The zero-order valence-electron chi connectivity index (χ0n) is 15.1. The van der Waals surface area contributed by atoms with Gasteiger partial charge in [-0.2, -0.15) is 4.52 Å². The Balaban J connectivity index is 1.74. The molecule has 9 heteroatoms. The van der Waals surface area contributed by atoms with Crippen LogP contribution in [-0.2, 0) is 6.54 Å². The molecule has 25 heavy (non-hydrogen) atoms. The third kappa shape index (κ3) is 3.65. The fraction of sp³-hybridized carbons (Fsp3) is 0.625. The summed E-state index contributed by atoms with van der Waals surface area (Å²) in [5.41, 5.74) is 0.522. The number of likely N-dealkylation sites (tertiary alicyclic amines) is 1. The first kappa shape index (κ1) is 17.4. The minimum absolute atomic E-state index is 0.0770. The normalized spacial score (nSPS) is 21.2. The van der Waals surface area contributed by atoms with Gasteiger partial charge < -0.3 is 10.2 Å². The van der Waals surface area contributed by atoms with E-state index in [1.807, 2.05) is 0 Å². The standard InChI is InChI=1S/C16H25N7O2/c1-10(2)12-7-22(8-13(12)20-16(25)21(3)4)6-11-5-14(24)23-15(19-11)17-9-18-23/h5,9-10,12-13H,6-8H2,1-4H3,(H,20,25)(H,17,18,19)/t12-,13+/m0/s1. The summed E-state index contributed by atoms with van der Waals surface area (Å²) in [5.74, 6) is 1.18. The molecule has 0 saturated carbocycles. The molecule has 0 radical (unpaired) electrons. The number of nitrogens with zero attached hydrogens (tertiary/aromatic N) is 5. The van der Waals surface area contributed by atoms with Crippen LogP contribution in [0.2, 0.25) is 0 Å². The predicted octanol–water partition coefficient (Wildman–Crippen LogP) is 0.145. The monoisotopic (exact) mass is 347 g/mol. The van der Waals surface area contributed by atoms with E-state index in [0.29, 0.717) is 29.9 Å². The zero-order chi connectivity index (χ0) is 18.1. The quantitative estimate of drug-likeness (QED) is 0.820. The first-order valence-electron chi connectivity index (χ1n) is 8.47. The summed E-state index contributed by atoms with van der Waals surface area (Å²) in [5, 5.41) is 5.84. The second-order valence-corrected chi connectivity index (χ2v) is 7.16. The van der Waals surface area contributed by atoms with Crippen LogP contribution in [0.1, 0.15) is 19.5 Å². The number of aromatic amines is 1. The van der Waals surface area contributed by atoms with Crippen LogP contribution >= 0.6 is 0 Å².